The quantitative estimate of drug-likeness (QED) is 0.192. The Balaban J connectivity index is 1.91. The van der Waals surface area contributed by atoms with E-state index in [4.69, 9.17) is 10.8 Å². The maximum absolute atomic E-state index is 13.5. The third-order valence-corrected chi connectivity index (χ3v) is 6.00. The highest BCUT2D eigenvalue weighted by atomic mass is 19.4. The average molecular weight is 498 g/mol. The fourth-order valence-corrected chi connectivity index (χ4v) is 4.24. The van der Waals surface area contributed by atoms with Crippen LogP contribution in [0.1, 0.15) is 56.2 Å². The molecule has 0 spiro atoms. The normalized spacial score (nSPS) is 17.1. The smallest absolute Gasteiger partial charge is 0.408 e. The van der Waals surface area contributed by atoms with Crippen molar-refractivity contribution >= 4 is 22.7 Å². The van der Waals surface area contributed by atoms with Crippen LogP contribution < -0.4 is 5.32 Å². The van der Waals surface area contributed by atoms with Crippen molar-refractivity contribution in [1.29, 1.82) is 10.8 Å². The summed E-state index contributed by atoms with van der Waals surface area (Å²) in [5.74, 6) is -2.72. The molecular weight excluding hydrogens is 469 g/mol. The second kappa shape index (κ2) is 10.2. The number of aromatic nitrogens is 2. The number of aliphatic hydroxyl groups excluding tert-OH is 1. The zero-order chi connectivity index (χ0) is 26.0. The third-order valence-electron chi connectivity index (χ3n) is 6.00. The number of nitrogens with one attached hydrogen (secondary N) is 3. The number of alkyl halides is 5. The van der Waals surface area contributed by atoms with Crippen molar-refractivity contribution in [3.8, 4) is 0 Å². The lowest BCUT2D eigenvalue weighted by Crippen LogP contribution is -2.28. The molecule has 1 saturated carbocycles. The Kier molecular flexibility index (Phi) is 7.66. The van der Waals surface area contributed by atoms with Crippen LogP contribution in [0, 0.1) is 16.7 Å². The first-order valence-electron chi connectivity index (χ1n) is 11.2. The summed E-state index contributed by atoms with van der Waals surface area (Å²) in [6.07, 6.45) is -1.82. The number of hydrogen-bond donors (Lipinski definition) is 4. The molecule has 6 nitrogen and oxygen atoms in total. The Morgan fingerprint density at radius 3 is 2.40 bits per heavy atom. The van der Waals surface area contributed by atoms with Crippen LogP contribution in [0.4, 0.5) is 27.6 Å². The van der Waals surface area contributed by atoms with E-state index in [0.29, 0.717) is 46.5 Å². The molecule has 1 aliphatic carbocycles. The van der Waals surface area contributed by atoms with Gasteiger partial charge in [-0.3, -0.25) is 10.1 Å². The molecule has 0 saturated heterocycles. The van der Waals surface area contributed by atoms with Crippen molar-refractivity contribution in [2.45, 2.75) is 58.2 Å². The van der Waals surface area contributed by atoms with Crippen LogP contribution in [0.5, 0.6) is 0 Å². The first kappa shape index (κ1) is 26.4. The molecule has 0 bridgehead atoms. The molecule has 0 aliphatic heterocycles. The van der Waals surface area contributed by atoms with Crippen molar-refractivity contribution in [1.82, 2.24) is 9.78 Å². The third kappa shape index (κ3) is 6.89. The van der Waals surface area contributed by atoms with Crippen molar-refractivity contribution in [2.24, 2.45) is 5.92 Å². The Bertz CT molecular complexity index is 1120. The monoisotopic (exact) mass is 497 g/mol. The molecule has 1 fully saturated rings. The highest BCUT2D eigenvalue weighted by Gasteiger charge is 2.34. The Morgan fingerprint density at radius 1 is 1.17 bits per heavy atom. The van der Waals surface area contributed by atoms with Gasteiger partial charge in [-0.05, 0) is 44.2 Å². The minimum Gasteiger partial charge on any atom is -0.512 e. The Labute approximate surface area is 199 Å². The van der Waals surface area contributed by atoms with Crippen LogP contribution in [0.2, 0.25) is 0 Å². The van der Waals surface area contributed by atoms with Crippen LogP contribution in [0.15, 0.2) is 36.4 Å². The van der Waals surface area contributed by atoms with Gasteiger partial charge < -0.3 is 15.8 Å². The summed E-state index contributed by atoms with van der Waals surface area (Å²) in [4.78, 5) is 0. The minimum atomic E-state index is -4.45. The molecule has 0 amide bonds. The van der Waals surface area contributed by atoms with Crippen molar-refractivity contribution < 1.29 is 27.1 Å². The second-order valence-corrected chi connectivity index (χ2v) is 8.94. The molecule has 2 aromatic rings. The number of rotatable bonds is 8. The van der Waals surface area contributed by atoms with E-state index in [-0.39, 0.29) is 41.5 Å². The molecule has 3 rings (SSSR count). The second-order valence-electron chi connectivity index (χ2n) is 8.94. The fourth-order valence-electron chi connectivity index (χ4n) is 4.24. The van der Waals surface area contributed by atoms with E-state index in [1.807, 2.05) is 0 Å². The molecule has 11 heteroatoms. The predicted molar refractivity (Wildman–Crippen MR) is 125 cm³/mol. The van der Waals surface area contributed by atoms with Gasteiger partial charge >= 0.3 is 6.18 Å². The van der Waals surface area contributed by atoms with E-state index in [1.165, 1.54) is 20.0 Å². The molecule has 1 heterocycles. The topological polar surface area (TPSA) is 97.8 Å². The van der Waals surface area contributed by atoms with Gasteiger partial charge in [0, 0.05) is 53.7 Å². The summed E-state index contributed by atoms with van der Waals surface area (Å²) in [7, 11) is 0. The lowest BCUT2D eigenvalue weighted by Gasteiger charge is -2.29. The number of nitrogens with zero attached hydrogens (tertiary/aromatic N) is 2. The molecular formula is C24H28F5N5O. The van der Waals surface area contributed by atoms with Gasteiger partial charge in [0.15, 0.2) is 0 Å². The van der Waals surface area contributed by atoms with Gasteiger partial charge in [0.25, 0.3) is 0 Å². The summed E-state index contributed by atoms with van der Waals surface area (Å²) in [5.41, 5.74) is 1.88. The van der Waals surface area contributed by atoms with Gasteiger partial charge in [0.2, 0.25) is 5.92 Å². The molecule has 0 atom stereocenters. The standard InChI is InChI=1S/C24H28F5N5O/c1-14(30)21(15(2)35)17-3-4-19(22(31)18-11-33-34(12-18)13-24(27,28)29)20(9-17)32-10-16-5-7-23(25,26)8-6-16/h3-4,9,11-12,16,30-32,35H,5-8,10,13H2,1-2H3/b21-15+,30-14?,31-22?. The fraction of sp³-hybridized carbons (Fsp3) is 0.458. The Hall–Kier alpha value is -3.24. The van der Waals surface area contributed by atoms with Gasteiger partial charge in [-0.2, -0.15) is 18.3 Å². The number of hydrogen-bond acceptors (Lipinski definition) is 5. The molecule has 4 N–H and O–H groups in total. The highest BCUT2D eigenvalue weighted by Crippen LogP contribution is 2.36. The molecule has 190 valence electrons. The van der Waals surface area contributed by atoms with E-state index in [0.717, 1.165) is 6.20 Å². The molecule has 0 unspecified atom stereocenters. The van der Waals surface area contributed by atoms with E-state index in [1.54, 1.807) is 18.2 Å². The number of aliphatic hydroxyl groups is 1. The van der Waals surface area contributed by atoms with Crippen LogP contribution in [-0.4, -0.2) is 45.0 Å². The van der Waals surface area contributed by atoms with Gasteiger partial charge in [0.05, 0.1) is 17.7 Å². The SMILES string of the molecule is CC(=N)/C(=C(/C)O)c1ccc(C(=N)c2cnn(CC(F)(F)F)c2)c(NCC2CCC(F)(F)CC2)c1. The van der Waals surface area contributed by atoms with E-state index >= 15 is 0 Å². The Morgan fingerprint density at radius 2 is 1.83 bits per heavy atom. The van der Waals surface area contributed by atoms with Crippen molar-refractivity contribution in [3.05, 3.63) is 53.0 Å². The maximum atomic E-state index is 13.5. The minimum absolute atomic E-state index is 0.00563. The number of halogens is 5. The maximum Gasteiger partial charge on any atom is 0.408 e. The van der Waals surface area contributed by atoms with Gasteiger partial charge in [-0.1, -0.05) is 12.1 Å². The van der Waals surface area contributed by atoms with Crippen LogP contribution >= 0.6 is 0 Å². The number of benzene rings is 1. The van der Waals surface area contributed by atoms with Crippen molar-refractivity contribution in [2.75, 3.05) is 11.9 Å². The lowest BCUT2D eigenvalue weighted by atomic mass is 9.86. The summed E-state index contributed by atoms with van der Waals surface area (Å²) in [6.45, 7) is 2.07. The summed E-state index contributed by atoms with van der Waals surface area (Å²) in [5, 5.41) is 33.6. The first-order chi connectivity index (χ1) is 16.3. The average Bonchev–Trinajstić information content (AvgIpc) is 3.19. The van der Waals surface area contributed by atoms with Gasteiger partial charge in [0.1, 0.15) is 6.54 Å². The van der Waals surface area contributed by atoms with Crippen LogP contribution in [-0.2, 0) is 6.54 Å². The lowest BCUT2D eigenvalue weighted by molar-refractivity contribution is -0.142. The summed E-state index contributed by atoms with van der Waals surface area (Å²) < 4.78 is 65.9. The zero-order valence-electron chi connectivity index (χ0n) is 19.4. The largest absolute Gasteiger partial charge is 0.512 e. The number of anilines is 1. The summed E-state index contributed by atoms with van der Waals surface area (Å²) >= 11 is 0. The van der Waals surface area contributed by atoms with Crippen LogP contribution in [0.3, 0.4) is 0 Å². The van der Waals surface area contributed by atoms with E-state index in [9.17, 15) is 27.1 Å². The van der Waals surface area contributed by atoms with E-state index in [2.05, 4.69) is 10.4 Å². The van der Waals surface area contributed by atoms with Crippen LogP contribution in [0.25, 0.3) is 5.57 Å². The highest BCUT2D eigenvalue weighted by molar-refractivity contribution is 6.22. The predicted octanol–water partition coefficient (Wildman–Crippen LogP) is 6.43. The van der Waals surface area contributed by atoms with Gasteiger partial charge in [-0.25, -0.2) is 8.78 Å². The molecule has 1 aromatic heterocycles. The van der Waals surface area contributed by atoms with E-state index < -0.39 is 18.6 Å². The molecule has 1 aromatic carbocycles. The van der Waals surface area contributed by atoms with Crippen molar-refractivity contribution in [3.63, 3.8) is 0 Å². The molecule has 35 heavy (non-hydrogen) atoms. The van der Waals surface area contributed by atoms with Gasteiger partial charge in [-0.15, -0.1) is 0 Å². The molecule has 1 aliphatic rings. The summed E-state index contributed by atoms with van der Waals surface area (Å²) in [6, 6.07) is 4.85. The zero-order valence-corrected chi connectivity index (χ0v) is 19.4. The number of allylic oxidation sites excluding steroid dienone is 2. The molecule has 0 radical (unpaired) electrons. The first-order valence-corrected chi connectivity index (χ1v) is 11.2.